The van der Waals surface area contributed by atoms with E-state index in [0.717, 1.165) is 23.3 Å². The second kappa shape index (κ2) is 7.19. The maximum absolute atomic E-state index is 9.17. The van der Waals surface area contributed by atoms with E-state index in [9.17, 15) is 0 Å². The van der Waals surface area contributed by atoms with Gasteiger partial charge in [0.1, 0.15) is 17.6 Å². The number of para-hydroxylation sites is 2. The van der Waals surface area contributed by atoms with Crippen molar-refractivity contribution in [2.75, 3.05) is 7.05 Å². The fraction of sp³-hybridized carbons (Fsp3) is 0.167. The molecule has 0 radical (unpaired) electrons. The first-order valence-corrected chi connectivity index (χ1v) is 7.07. The number of fused-ring (bicyclic) bond motifs is 1. The Labute approximate surface area is 141 Å². The molecule has 0 saturated heterocycles. The van der Waals surface area contributed by atoms with Gasteiger partial charge in [-0.3, -0.25) is 0 Å². The average molecular weight is 329 g/mol. The van der Waals surface area contributed by atoms with Crippen molar-refractivity contribution in [2.45, 2.75) is 13.5 Å². The Balaban J connectivity index is 0.00000192. The fourth-order valence-corrected chi connectivity index (χ4v) is 2.51. The molecular weight excluding hydrogens is 312 g/mol. The Hall–Kier alpha value is -2.48. The molecule has 0 fully saturated rings. The fourth-order valence-electron chi connectivity index (χ4n) is 2.51. The molecular formula is C18H17ClN2O2. The van der Waals surface area contributed by atoms with E-state index in [-0.39, 0.29) is 12.4 Å². The van der Waals surface area contributed by atoms with E-state index >= 15 is 0 Å². The van der Waals surface area contributed by atoms with Gasteiger partial charge in [0.2, 0.25) is 0 Å². The van der Waals surface area contributed by atoms with Crippen molar-refractivity contribution in [1.82, 2.24) is 5.32 Å². The molecule has 0 aliphatic heterocycles. The molecule has 0 amide bonds. The van der Waals surface area contributed by atoms with Crippen LogP contribution in [0.1, 0.15) is 16.9 Å². The van der Waals surface area contributed by atoms with Crippen LogP contribution in [0.15, 0.2) is 46.9 Å². The van der Waals surface area contributed by atoms with Gasteiger partial charge < -0.3 is 14.5 Å². The summed E-state index contributed by atoms with van der Waals surface area (Å²) in [6.45, 7) is 2.68. The van der Waals surface area contributed by atoms with E-state index in [0.29, 0.717) is 22.6 Å². The first-order valence-electron chi connectivity index (χ1n) is 7.07. The lowest BCUT2D eigenvalue weighted by molar-refractivity contribution is 0.467. The van der Waals surface area contributed by atoms with Crippen molar-refractivity contribution in [3.05, 3.63) is 59.4 Å². The van der Waals surface area contributed by atoms with E-state index < -0.39 is 0 Å². The molecule has 3 aromatic rings. The van der Waals surface area contributed by atoms with Crippen LogP contribution < -0.4 is 10.1 Å². The van der Waals surface area contributed by atoms with Crippen molar-refractivity contribution in [1.29, 1.82) is 5.26 Å². The van der Waals surface area contributed by atoms with Gasteiger partial charge in [0.25, 0.3) is 0 Å². The van der Waals surface area contributed by atoms with Crippen LogP contribution in [0.25, 0.3) is 11.0 Å². The van der Waals surface area contributed by atoms with Gasteiger partial charge >= 0.3 is 0 Å². The van der Waals surface area contributed by atoms with Gasteiger partial charge in [-0.1, -0.05) is 24.3 Å². The summed E-state index contributed by atoms with van der Waals surface area (Å²) in [6, 6.07) is 15.1. The maximum Gasteiger partial charge on any atom is 0.177 e. The first kappa shape index (κ1) is 16.9. The van der Waals surface area contributed by atoms with Gasteiger partial charge in [-0.2, -0.15) is 5.26 Å². The van der Waals surface area contributed by atoms with Crippen LogP contribution in [-0.2, 0) is 6.54 Å². The number of nitrogens with zero attached hydrogens (tertiary/aromatic N) is 1. The number of aryl methyl sites for hydroxylation is 1. The number of nitriles is 1. The van der Waals surface area contributed by atoms with E-state index in [1.165, 1.54) is 0 Å². The molecule has 0 spiro atoms. The minimum Gasteiger partial charge on any atom is -0.457 e. The number of hydrogen-bond donors (Lipinski definition) is 1. The van der Waals surface area contributed by atoms with Gasteiger partial charge in [-0.25, -0.2) is 0 Å². The number of rotatable bonds is 4. The monoisotopic (exact) mass is 328 g/mol. The highest BCUT2D eigenvalue weighted by atomic mass is 35.5. The highest BCUT2D eigenvalue weighted by molar-refractivity contribution is 5.87. The smallest absolute Gasteiger partial charge is 0.177 e. The van der Waals surface area contributed by atoms with E-state index in [2.05, 4.69) is 11.4 Å². The number of furan rings is 1. The minimum atomic E-state index is 0. The van der Waals surface area contributed by atoms with Crippen molar-refractivity contribution < 1.29 is 9.15 Å². The lowest BCUT2D eigenvalue weighted by Crippen LogP contribution is -2.05. The predicted molar refractivity (Wildman–Crippen MR) is 92.2 cm³/mol. The Kier molecular flexibility index (Phi) is 5.28. The van der Waals surface area contributed by atoms with Gasteiger partial charge in [0.05, 0.1) is 5.56 Å². The van der Waals surface area contributed by atoms with Crippen LogP contribution in [-0.4, -0.2) is 7.05 Å². The molecule has 0 unspecified atom stereocenters. The zero-order chi connectivity index (χ0) is 15.5. The van der Waals surface area contributed by atoms with Gasteiger partial charge in [0.15, 0.2) is 11.3 Å². The molecule has 23 heavy (non-hydrogen) atoms. The largest absolute Gasteiger partial charge is 0.457 e. The first-order chi connectivity index (χ1) is 10.7. The molecule has 1 heterocycles. The summed E-state index contributed by atoms with van der Waals surface area (Å²) in [5.74, 6) is 2.02. The lowest BCUT2D eigenvalue weighted by Gasteiger charge is -2.07. The molecule has 3 rings (SSSR count). The number of benzene rings is 2. The van der Waals surface area contributed by atoms with Crippen molar-refractivity contribution in [3.63, 3.8) is 0 Å². The summed E-state index contributed by atoms with van der Waals surface area (Å²) in [7, 11) is 1.90. The van der Waals surface area contributed by atoms with Gasteiger partial charge in [-0.05, 0) is 32.2 Å². The van der Waals surface area contributed by atoms with Gasteiger partial charge in [-0.15, -0.1) is 12.4 Å². The van der Waals surface area contributed by atoms with Crippen LogP contribution in [0.5, 0.6) is 11.5 Å². The molecule has 118 valence electrons. The molecule has 1 N–H and O–H groups in total. The predicted octanol–water partition coefficient (Wildman–Crippen LogP) is 4.55. The SMILES string of the molecule is CNCc1c(C)oc2c(Oc3ccccc3C#N)cccc12.Cl. The zero-order valence-corrected chi connectivity index (χ0v) is 13.7. The maximum atomic E-state index is 9.17. The molecule has 0 aliphatic rings. The third-order valence-electron chi connectivity index (χ3n) is 3.57. The third kappa shape index (κ3) is 3.16. The number of halogens is 1. The summed E-state index contributed by atoms with van der Waals surface area (Å²) in [4.78, 5) is 0. The molecule has 0 aliphatic carbocycles. The normalized spacial score (nSPS) is 10.1. The Morgan fingerprint density at radius 2 is 1.87 bits per heavy atom. The second-order valence-corrected chi connectivity index (χ2v) is 5.01. The summed E-state index contributed by atoms with van der Waals surface area (Å²) < 4.78 is 11.8. The minimum absolute atomic E-state index is 0. The zero-order valence-electron chi connectivity index (χ0n) is 12.9. The molecule has 0 atom stereocenters. The van der Waals surface area contributed by atoms with Crippen LogP contribution in [0, 0.1) is 18.3 Å². The number of nitrogens with one attached hydrogen (secondary N) is 1. The standard InChI is InChI=1S/C18H16N2O2.ClH/c1-12-15(11-20-2)14-7-5-9-17(18(14)21-12)22-16-8-4-3-6-13(16)10-19;/h3-9,20H,11H2,1-2H3;1H. The Bertz CT molecular complexity index is 865. The number of ether oxygens (including phenoxy) is 1. The van der Waals surface area contributed by atoms with Crippen LogP contribution in [0.4, 0.5) is 0 Å². The second-order valence-electron chi connectivity index (χ2n) is 5.01. The molecule has 4 nitrogen and oxygen atoms in total. The third-order valence-corrected chi connectivity index (χ3v) is 3.57. The van der Waals surface area contributed by atoms with E-state index in [4.69, 9.17) is 14.4 Å². The van der Waals surface area contributed by atoms with Crippen molar-refractivity contribution >= 4 is 23.4 Å². The highest BCUT2D eigenvalue weighted by Crippen LogP contribution is 2.35. The van der Waals surface area contributed by atoms with Crippen molar-refractivity contribution in [3.8, 4) is 17.6 Å². The summed E-state index contributed by atoms with van der Waals surface area (Å²) >= 11 is 0. The quantitative estimate of drug-likeness (QED) is 0.763. The Morgan fingerprint density at radius 1 is 1.13 bits per heavy atom. The van der Waals surface area contributed by atoms with Crippen LogP contribution in [0.2, 0.25) is 0 Å². The average Bonchev–Trinajstić information content (AvgIpc) is 2.86. The summed E-state index contributed by atoms with van der Waals surface area (Å²) in [6.07, 6.45) is 0. The lowest BCUT2D eigenvalue weighted by atomic mass is 10.1. The van der Waals surface area contributed by atoms with E-state index in [1.54, 1.807) is 12.1 Å². The summed E-state index contributed by atoms with van der Waals surface area (Å²) in [5.41, 5.74) is 2.33. The topological polar surface area (TPSA) is 58.2 Å². The molecule has 1 aromatic heterocycles. The highest BCUT2D eigenvalue weighted by Gasteiger charge is 2.15. The Morgan fingerprint density at radius 3 is 2.61 bits per heavy atom. The van der Waals surface area contributed by atoms with Crippen LogP contribution >= 0.6 is 12.4 Å². The molecule has 0 bridgehead atoms. The van der Waals surface area contributed by atoms with Crippen molar-refractivity contribution in [2.24, 2.45) is 0 Å². The van der Waals surface area contributed by atoms with E-state index in [1.807, 2.05) is 44.3 Å². The molecule has 5 heteroatoms. The molecule has 0 saturated carbocycles. The molecule has 2 aromatic carbocycles. The number of hydrogen-bond acceptors (Lipinski definition) is 4. The summed E-state index contributed by atoms with van der Waals surface area (Å²) in [5, 5.41) is 13.3. The van der Waals surface area contributed by atoms with Gasteiger partial charge in [0, 0.05) is 17.5 Å². The van der Waals surface area contributed by atoms with Crippen LogP contribution in [0.3, 0.4) is 0 Å².